The standard InChI is InChI=1S/C16H21N3O/c1-17-11-15-4-5-16(19-12-15)13-20-10-2-3-14-6-8-18-9-7-14/h4-9,12,17H,2-3,10-11,13H2,1H3. The summed E-state index contributed by atoms with van der Waals surface area (Å²) in [4.78, 5) is 8.39. The van der Waals surface area contributed by atoms with Crippen LogP contribution in [-0.4, -0.2) is 23.6 Å². The fourth-order valence-corrected chi connectivity index (χ4v) is 1.95. The Balaban J connectivity index is 1.63. The number of hydrogen-bond acceptors (Lipinski definition) is 4. The summed E-state index contributed by atoms with van der Waals surface area (Å²) >= 11 is 0. The molecule has 1 N–H and O–H groups in total. The third kappa shape index (κ3) is 5.07. The zero-order chi connectivity index (χ0) is 14.0. The topological polar surface area (TPSA) is 47.0 Å². The molecule has 2 aromatic heterocycles. The van der Waals surface area contributed by atoms with E-state index in [0.717, 1.165) is 31.7 Å². The first-order valence-electron chi connectivity index (χ1n) is 6.93. The maximum atomic E-state index is 5.65. The van der Waals surface area contributed by atoms with Crippen LogP contribution in [0.15, 0.2) is 42.9 Å². The molecule has 0 bridgehead atoms. The first kappa shape index (κ1) is 14.6. The van der Waals surface area contributed by atoms with Gasteiger partial charge in [-0.2, -0.15) is 0 Å². The minimum atomic E-state index is 0.580. The molecule has 0 saturated heterocycles. The van der Waals surface area contributed by atoms with Crippen molar-refractivity contribution < 1.29 is 4.74 Å². The summed E-state index contributed by atoms with van der Waals surface area (Å²) in [7, 11) is 1.93. The third-order valence-corrected chi connectivity index (χ3v) is 3.02. The van der Waals surface area contributed by atoms with Gasteiger partial charge < -0.3 is 10.1 Å². The zero-order valence-corrected chi connectivity index (χ0v) is 11.9. The highest BCUT2D eigenvalue weighted by Gasteiger charge is 1.97. The van der Waals surface area contributed by atoms with Crippen LogP contribution in [0.25, 0.3) is 0 Å². The summed E-state index contributed by atoms with van der Waals surface area (Å²) in [5.41, 5.74) is 3.47. The molecule has 0 unspecified atom stereocenters. The molecule has 0 aliphatic carbocycles. The zero-order valence-electron chi connectivity index (χ0n) is 11.9. The van der Waals surface area contributed by atoms with Crippen LogP contribution < -0.4 is 5.32 Å². The summed E-state index contributed by atoms with van der Waals surface area (Å²) < 4.78 is 5.65. The first-order valence-corrected chi connectivity index (χ1v) is 6.93. The Morgan fingerprint density at radius 1 is 1.10 bits per heavy atom. The largest absolute Gasteiger partial charge is 0.375 e. The highest BCUT2D eigenvalue weighted by Crippen LogP contribution is 2.04. The Labute approximate surface area is 120 Å². The van der Waals surface area contributed by atoms with Crippen LogP contribution >= 0.6 is 0 Å². The van der Waals surface area contributed by atoms with Crippen molar-refractivity contribution in [2.45, 2.75) is 26.0 Å². The Morgan fingerprint density at radius 2 is 1.95 bits per heavy atom. The van der Waals surface area contributed by atoms with E-state index in [1.165, 1.54) is 11.1 Å². The molecular weight excluding hydrogens is 250 g/mol. The number of pyridine rings is 2. The third-order valence-electron chi connectivity index (χ3n) is 3.02. The molecule has 0 aromatic carbocycles. The van der Waals surface area contributed by atoms with Gasteiger partial charge in [-0.1, -0.05) is 6.07 Å². The summed E-state index contributed by atoms with van der Waals surface area (Å²) in [5.74, 6) is 0. The molecule has 4 heteroatoms. The maximum Gasteiger partial charge on any atom is 0.0887 e. The molecule has 0 fully saturated rings. The Morgan fingerprint density at radius 3 is 2.65 bits per heavy atom. The van der Waals surface area contributed by atoms with Crippen LogP contribution in [0.5, 0.6) is 0 Å². The summed E-state index contributed by atoms with van der Waals surface area (Å²) in [5, 5.41) is 3.10. The molecule has 2 heterocycles. The number of nitrogens with one attached hydrogen (secondary N) is 1. The molecule has 20 heavy (non-hydrogen) atoms. The van der Waals surface area contributed by atoms with E-state index in [1.54, 1.807) is 0 Å². The van der Waals surface area contributed by atoms with Crippen molar-refractivity contribution in [3.05, 3.63) is 59.7 Å². The van der Waals surface area contributed by atoms with Gasteiger partial charge in [-0.3, -0.25) is 9.97 Å². The summed E-state index contributed by atoms with van der Waals surface area (Å²) in [6.45, 7) is 2.18. The van der Waals surface area contributed by atoms with Crippen LogP contribution in [-0.2, 0) is 24.3 Å². The van der Waals surface area contributed by atoms with E-state index in [4.69, 9.17) is 4.74 Å². The SMILES string of the molecule is CNCc1ccc(COCCCc2ccncc2)nc1. The first-order chi connectivity index (χ1) is 9.88. The molecule has 0 aliphatic heterocycles. The van der Waals surface area contributed by atoms with E-state index in [2.05, 4.69) is 21.4 Å². The fourth-order valence-electron chi connectivity index (χ4n) is 1.95. The number of aromatic nitrogens is 2. The normalized spacial score (nSPS) is 10.7. The molecule has 0 atom stereocenters. The second kappa shape index (κ2) is 8.40. The monoisotopic (exact) mass is 271 g/mol. The molecule has 0 aliphatic rings. The molecule has 0 radical (unpaired) electrons. The van der Waals surface area contributed by atoms with Gasteiger partial charge in [0.15, 0.2) is 0 Å². The molecule has 0 amide bonds. The Kier molecular flexibility index (Phi) is 6.14. The molecule has 2 aromatic rings. The summed E-state index contributed by atoms with van der Waals surface area (Å²) in [6, 6.07) is 8.19. The summed E-state index contributed by atoms with van der Waals surface area (Å²) in [6.07, 6.45) is 7.59. The number of ether oxygens (including phenoxy) is 1. The molecule has 0 spiro atoms. The second-order valence-electron chi connectivity index (χ2n) is 4.70. The van der Waals surface area contributed by atoms with E-state index < -0.39 is 0 Å². The van der Waals surface area contributed by atoms with Gasteiger partial charge in [0.05, 0.1) is 12.3 Å². The Hall–Kier alpha value is -1.78. The van der Waals surface area contributed by atoms with Crippen molar-refractivity contribution in [1.82, 2.24) is 15.3 Å². The van der Waals surface area contributed by atoms with Crippen LogP contribution in [0.4, 0.5) is 0 Å². The molecular formula is C16H21N3O. The lowest BCUT2D eigenvalue weighted by atomic mass is 10.1. The Bertz CT molecular complexity index is 485. The quantitative estimate of drug-likeness (QED) is 0.749. The van der Waals surface area contributed by atoms with Gasteiger partial charge >= 0.3 is 0 Å². The highest BCUT2D eigenvalue weighted by molar-refractivity contribution is 5.13. The van der Waals surface area contributed by atoms with Crippen molar-refractivity contribution in [2.75, 3.05) is 13.7 Å². The van der Waals surface area contributed by atoms with Crippen molar-refractivity contribution in [3.8, 4) is 0 Å². The van der Waals surface area contributed by atoms with Crippen LogP contribution in [0, 0.1) is 0 Å². The van der Waals surface area contributed by atoms with Gasteiger partial charge in [-0.05, 0) is 49.2 Å². The number of rotatable bonds is 8. The van der Waals surface area contributed by atoms with Crippen LogP contribution in [0.2, 0.25) is 0 Å². The van der Waals surface area contributed by atoms with E-state index in [1.807, 2.05) is 43.8 Å². The molecule has 2 rings (SSSR count). The number of nitrogens with zero attached hydrogens (tertiary/aromatic N) is 2. The maximum absolute atomic E-state index is 5.65. The average molecular weight is 271 g/mol. The van der Waals surface area contributed by atoms with Crippen molar-refractivity contribution in [3.63, 3.8) is 0 Å². The van der Waals surface area contributed by atoms with E-state index >= 15 is 0 Å². The van der Waals surface area contributed by atoms with Gasteiger partial charge in [0.1, 0.15) is 0 Å². The molecule has 0 saturated carbocycles. The minimum Gasteiger partial charge on any atom is -0.375 e. The van der Waals surface area contributed by atoms with Crippen molar-refractivity contribution >= 4 is 0 Å². The van der Waals surface area contributed by atoms with Crippen LogP contribution in [0.1, 0.15) is 23.2 Å². The smallest absolute Gasteiger partial charge is 0.0887 e. The van der Waals surface area contributed by atoms with Gasteiger partial charge in [0, 0.05) is 31.7 Å². The average Bonchev–Trinajstić information content (AvgIpc) is 2.50. The van der Waals surface area contributed by atoms with Crippen molar-refractivity contribution in [2.24, 2.45) is 0 Å². The number of hydrogen-bond donors (Lipinski definition) is 1. The molecule has 4 nitrogen and oxygen atoms in total. The van der Waals surface area contributed by atoms with Crippen LogP contribution in [0.3, 0.4) is 0 Å². The lowest BCUT2D eigenvalue weighted by Gasteiger charge is -2.05. The van der Waals surface area contributed by atoms with Gasteiger partial charge in [-0.15, -0.1) is 0 Å². The van der Waals surface area contributed by atoms with Crippen molar-refractivity contribution in [1.29, 1.82) is 0 Å². The fraction of sp³-hybridized carbons (Fsp3) is 0.375. The number of aryl methyl sites for hydroxylation is 1. The van der Waals surface area contributed by atoms with Gasteiger partial charge in [-0.25, -0.2) is 0 Å². The molecule has 106 valence electrons. The highest BCUT2D eigenvalue weighted by atomic mass is 16.5. The van der Waals surface area contributed by atoms with Gasteiger partial charge in [0.25, 0.3) is 0 Å². The van der Waals surface area contributed by atoms with E-state index in [9.17, 15) is 0 Å². The van der Waals surface area contributed by atoms with E-state index in [0.29, 0.717) is 6.61 Å². The lowest BCUT2D eigenvalue weighted by molar-refractivity contribution is 0.116. The predicted molar refractivity (Wildman–Crippen MR) is 79.2 cm³/mol. The lowest BCUT2D eigenvalue weighted by Crippen LogP contribution is -2.06. The second-order valence-corrected chi connectivity index (χ2v) is 4.70. The van der Waals surface area contributed by atoms with E-state index in [-0.39, 0.29) is 0 Å². The minimum absolute atomic E-state index is 0.580. The predicted octanol–water partition coefficient (Wildman–Crippen LogP) is 2.35. The van der Waals surface area contributed by atoms with Gasteiger partial charge in [0.2, 0.25) is 0 Å².